The van der Waals surface area contributed by atoms with E-state index in [1.807, 2.05) is 43.3 Å². The van der Waals surface area contributed by atoms with E-state index in [0.717, 1.165) is 16.3 Å². The van der Waals surface area contributed by atoms with Crippen molar-refractivity contribution in [1.29, 1.82) is 0 Å². The van der Waals surface area contributed by atoms with Gasteiger partial charge in [-0.15, -0.1) is 0 Å². The molecule has 0 aliphatic heterocycles. The van der Waals surface area contributed by atoms with E-state index in [1.54, 1.807) is 12.3 Å². The highest BCUT2D eigenvalue weighted by atomic mass is 16.5. The highest BCUT2D eigenvalue weighted by molar-refractivity contribution is 6.02. The Hall–Kier alpha value is -3.61. The summed E-state index contributed by atoms with van der Waals surface area (Å²) in [6.45, 7) is 2.20. The first kappa shape index (κ1) is 18.2. The zero-order valence-corrected chi connectivity index (χ0v) is 14.8. The third-order valence-electron chi connectivity index (χ3n) is 3.77. The van der Waals surface area contributed by atoms with Crippen LogP contribution in [0.3, 0.4) is 0 Å². The van der Waals surface area contributed by atoms with Gasteiger partial charge in [-0.05, 0) is 35.9 Å². The SMILES string of the molecule is CCOc1ccc2ccccc2c1C=NNC(=O)CNC(=O)c1ccco1. The lowest BCUT2D eigenvalue weighted by Gasteiger charge is -2.10. The number of nitrogens with zero attached hydrogens (tertiary/aromatic N) is 1. The molecule has 0 atom stereocenters. The summed E-state index contributed by atoms with van der Waals surface area (Å²) in [5.41, 5.74) is 3.17. The minimum absolute atomic E-state index is 0.142. The molecule has 0 spiro atoms. The molecule has 2 aromatic carbocycles. The summed E-state index contributed by atoms with van der Waals surface area (Å²) in [4.78, 5) is 23.6. The van der Waals surface area contributed by atoms with Crippen LogP contribution in [0, 0.1) is 0 Å². The molecule has 0 saturated heterocycles. The van der Waals surface area contributed by atoms with Crippen molar-refractivity contribution in [3.63, 3.8) is 0 Å². The van der Waals surface area contributed by atoms with Crippen LogP contribution in [0.5, 0.6) is 5.75 Å². The molecule has 7 heteroatoms. The van der Waals surface area contributed by atoms with E-state index in [0.29, 0.717) is 12.4 Å². The first-order valence-corrected chi connectivity index (χ1v) is 8.47. The molecule has 0 unspecified atom stereocenters. The van der Waals surface area contributed by atoms with Crippen molar-refractivity contribution in [3.05, 3.63) is 66.1 Å². The number of ether oxygens (including phenoxy) is 1. The van der Waals surface area contributed by atoms with E-state index in [2.05, 4.69) is 15.8 Å². The number of benzene rings is 2. The Kier molecular flexibility index (Phi) is 5.84. The van der Waals surface area contributed by atoms with Crippen molar-refractivity contribution in [2.24, 2.45) is 5.10 Å². The molecule has 0 aliphatic rings. The van der Waals surface area contributed by atoms with E-state index in [9.17, 15) is 9.59 Å². The zero-order valence-electron chi connectivity index (χ0n) is 14.8. The van der Waals surface area contributed by atoms with E-state index in [-0.39, 0.29) is 12.3 Å². The van der Waals surface area contributed by atoms with Crippen molar-refractivity contribution < 1.29 is 18.7 Å². The van der Waals surface area contributed by atoms with Crippen molar-refractivity contribution in [1.82, 2.24) is 10.7 Å². The zero-order chi connectivity index (χ0) is 19.1. The number of carbonyl (C=O) groups is 2. The molecular weight excluding hydrogens is 346 g/mol. The quantitative estimate of drug-likeness (QED) is 0.497. The van der Waals surface area contributed by atoms with Crippen molar-refractivity contribution in [3.8, 4) is 5.75 Å². The molecule has 3 aromatic rings. The Labute approximate surface area is 156 Å². The number of furan rings is 1. The number of hydrazone groups is 1. The summed E-state index contributed by atoms with van der Waals surface area (Å²) < 4.78 is 10.6. The molecule has 138 valence electrons. The maximum absolute atomic E-state index is 11.9. The second kappa shape index (κ2) is 8.66. The Morgan fingerprint density at radius 3 is 2.78 bits per heavy atom. The Morgan fingerprint density at radius 2 is 2.00 bits per heavy atom. The van der Waals surface area contributed by atoms with Crippen LogP contribution in [-0.2, 0) is 4.79 Å². The van der Waals surface area contributed by atoms with Gasteiger partial charge in [0.15, 0.2) is 5.76 Å². The molecule has 27 heavy (non-hydrogen) atoms. The predicted molar refractivity (Wildman–Crippen MR) is 102 cm³/mol. The van der Waals surface area contributed by atoms with E-state index in [1.165, 1.54) is 12.3 Å². The maximum Gasteiger partial charge on any atom is 0.287 e. The lowest BCUT2D eigenvalue weighted by molar-refractivity contribution is -0.120. The fraction of sp³-hybridized carbons (Fsp3) is 0.150. The first-order valence-electron chi connectivity index (χ1n) is 8.47. The van der Waals surface area contributed by atoms with Crippen molar-refractivity contribution in [2.75, 3.05) is 13.2 Å². The van der Waals surface area contributed by atoms with Crippen LogP contribution in [0.2, 0.25) is 0 Å². The third kappa shape index (κ3) is 4.52. The topological polar surface area (TPSA) is 92.9 Å². The van der Waals surface area contributed by atoms with Gasteiger partial charge < -0.3 is 14.5 Å². The minimum Gasteiger partial charge on any atom is -0.493 e. The maximum atomic E-state index is 11.9. The smallest absolute Gasteiger partial charge is 0.287 e. The average molecular weight is 365 g/mol. The summed E-state index contributed by atoms with van der Waals surface area (Å²) in [6, 6.07) is 14.8. The molecule has 0 bridgehead atoms. The van der Waals surface area contributed by atoms with Gasteiger partial charge in [0.25, 0.3) is 11.8 Å². The normalized spacial score (nSPS) is 10.9. The number of nitrogens with one attached hydrogen (secondary N) is 2. The van der Waals surface area contributed by atoms with Crippen LogP contribution in [0.15, 0.2) is 64.3 Å². The number of amides is 2. The molecule has 0 radical (unpaired) electrons. The highest BCUT2D eigenvalue weighted by Gasteiger charge is 2.10. The summed E-state index contributed by atoms with van der Waals surface area (Å²) in [5, 5.41) is 8.45. The summed E-state index contributed by atoms with van der Waals surface area (Å²) >= 11 is 0. The molecule has 1 aromatic heterocycles. The molecular formula is C20H19N3O4. The van der Waals surface area contributed by atoms with E-state index >= 15 is 0 Å². The number of hydrogen-bond donors (Lipinski definition) is 2. The van der Waals surface area contributed by atoms with Crippen molar-refractivity contribution >= 4 is 28.8 Å². The average Bonchev–Trinajstić information content (AvgIpc) is 3.22. The van der Waals surface area contributed by atoms with Crippen LogP contribution in [0.4, 0.5) is 0 Å². The lowest BCUT2D eigenvalue weighted by Crippen LogP contribution is -2.34. The molecule has 0 aliphatic carbocycles. The summed E-state index contributed by atoms with van der Waals surface area (Å²) in [6.07, 6.45) is 2.93. The predicted octanol–water partition coefficient (Wildman–Crippen LogP) is 2.71. The minimum atomic E-state index is -0.466. The van der Waals surface area contributed by atoms with Gasteiger partial charge in [0.1, 0.15) is 5.75 Å². The largest absolute Gasteiger partial charge is 0.493 e. The molecule has 2 N–H and O–H groups in total. The Morgan fingerprint density at radius 1 is 1.15 bits per heavy atom. The fourth-order valence-corrected chi connectivity index (χ4v) is 2.55. The highest BCUT2D eigenvalue weighted by Crippen LogP contribution is 2.26. The Bertz CT molecular complexity index is 965. The van der Waals surface area contributed by atoms with Gasteiger partial charge in [0, 0.05) is 5.56 Å². The van der Waals surface area contributed by atoms with Gasteiger partial charge in [-0.3, -0.25) is 9.59 Å². The number of hydrogen-bond acceptors (Lipinski definition) is 5. The van der Waals surface area contributed by atoms with Crippen LogP contribution in [0.1, 0.15) is 23.0 Å². The molecule has 0 fully saturated rings. The Balaban J connectivity index is 1.66. The number of rotatable bonds is 7. The molecule has 2 amide bonds. The number of carbonyl (C=O) groups excluding carboxylic acids is 2. The van der Waals surface area contributed by atoms with Gasteiger partial charge in [0.2, 0.25) is 0 Å². The van der Waals surface area contributed by atoms with Crippen LogP contribution < -0.4 is 15.5 Å². The van der Waals surface area contributed by atoms with Crippen LogP contribution in [0.25, 0.3) is 10.8 Å². The third-order valence-corrected chi connectivity index (χ3v) is 3.77. The first-order chi connectivity index (χ1) is 13.2. The monoisotopic (exact) mass is 365 g/mol. The van der Waals surface area contributed by atoms with Gasteiger partial charge in [-0.1, -0.05) is 30.3 Å². The lowest BCUT2D eigenvalue weighted by atomic mass is 10.0. The standard InChI is InChI=1S/C20H19N3O4/c1-2-26-17-10-9-14-6-3-4-7-15(14)16(17)12-22-23-19(24)13-21-20(25)18-8-5-11-27-18/h3-12H,2,13H2,1H3,(H,21,25)(H,23,24). The van der Waals surface area contributed by atoms with Crippen LogP contribution in [-0.4, -0.2) is 31.2 Å². The second-order valence-corrected chi connectivity index (χ2v) is 5.58. The fourth-order valence-electron chi connectivity index (χ4n) is 2.55. The van der Waals surface area contributed by atoms with Gasteiger partial charge in [-0.25, -0.2) is 5.43 Å². The van der Waals surface area contributed by atoms with E-state index in [4.69, 9.17) is 9.15 Å². The van der Waals surface area contributed by atoms with E-state index < -0.39 is 11.8 Å². The van der Waals surface area contributed by atoms with Gasteiger partial charge >= 0.3 is 0 Å². The summed E-state index contributed by atoms with van der Waals surface area (Å²) in [7, 11) is 0. The van der Waals surface area contributed by atoms with Crippen molar-refractivity contribution in [2.45, 2.75) is 6.92 Å². The van der Waals surface area contributed by atoms with Gasteiger partial charge in [0.05, 0.1) is 25.6 Å². The second-order valence-electron chi connectivity index (χ2n) is 5.58. The molecule has 7 nitrogen and oxygen atoms in total. The molecule has 1 heterocycles. The van der Waals surface area contributed by atoms with Crippen LogP contribution >= 0.6 is 0 Å². The molecule has 3 rings (SSSR count). The molecule has 0 saturated carbocycles. The van der Waals surface area contributed by atoms with Gasteiger partial charge in [-0.2, -0.15) is 5.10 Å². The summed E-state index contributed by atoms with van der Waals surface area (Å²) in [5.74, 6) is -0.0973. The number of fused-ring (bicyclic) bond motifs is 1.